The van der Waals surface area contributed by atoms with E-state index in [1.807, 2.05) is 0 Å². The van der Waals surface area contributed by atoms with E-state index in [-0.39, 0.29) is 12.0 Å². The van der Waals surface area contributed by atoms with Gasteiger partial charge in [-0.2, -0.15) is 13.2 Å². The Kier molecular flexibility index (Phi) is 2.63. The van der Waals surface area contributed by atoms with E-state index in [1.54, 1.807) is 0 Å². The van der Waals surface area contributed by atoms with Crippen molar-refractivity contribution in [2.24, 2.45) is 0 Å². The second kappa shape index (κ2) is 3.71. The molecule has 1 fully saturated rings. The first kappa shape index (κ1) is 11.3. The Bertz CT molecular complexity index is 388. The van der Waals surface area contributed by atoms with Gasteiger partial charge in [-0.3, -0.25) is 4.98 Å². The smallest absolute Gasteiger partial charge is 0.387 e. The Morgan fingerprint density at radius 1 is 1.44 bits per heavy atom. The monoisotopic (exact) mass is 232 g/mol. The zero-order valence-electron chi connectivity index (χ0n) is 8.38. The highest BCUT2D eigenvalue weighted by Gasteiger charge is 2.40. The number of halogens is 3. The average molecular weight is 232 g/mol. The number of nitrogens with one attached hydrogen (secondary N) is 1. The molecule has 0 aliphatic carbocycles. The van der Waals surface area contributed by atoms with Gasteiger partial charge in [0.05, 0.1) is 5.60 Å². The zero-order chi connectivity index (χ0) is 11.8. The van der Waals surface area contributed by atoms with Crippen molar-refractivity contribution in [3.63, 3.8) is 0 Å². The summed E-state index contributed by atoms with van der Waals surface area (Å²) in [6.07, 6.45) is -3.39. The van der Waals surface area contributed by atoms with Crippen molar-refractivity contribution in [2.45, 2.75) is 18.2 Å². The van der Waals surface area contributed by atoms with Crippen molar-refractivity contribution < 1.29 is 18.3 Å². The fraction of sp³-hybridized carbons (Fsp3) is 0.500. The normalized spacial score (nSPS) is 19.2. The van der Waals surface area contributed by atoms with E-state index < -0.39 is 17.5 Å². The summed E-state index contributed by atoms with van der Waals surface area (Å²) in [6, 6.07) is 2.80. The third kappa shape index (κ3) is 2.17. The standard InChI is InChI=1S/C10H11F3N2O/c11-10(12,13)8-7(2-1-3-15-8)4-9(16)5-14-6-9/h1-3,14,16H,4-6H2. The predicted molar refractivity (Wildman–Crippen MR) is 50.8 cm³/mol. The van der Waals surface area contributed by atoms with Crippen molar-refractivity contribution in [1.82, 2.24) is 10.3 Å². The van der Waals surface area contributed by atoms with Crippen LogP contribution in [0.2, 0.25) is 0 Å². The average Bonchev–Trinajstić information content (AvgIpc) is 2.14. The summed E-state index contributed by atoms with van der Waals surface area (Å²) >= 11 is 0. The molecule has 0 unspecified atom stereocenters. The number of pyridine rings is 1. The largest absolute Gasteiger partial charge is 0.433 e. The fourth-order valence-corrected chi connectivity index (χ4v) is 1.73. The van der Waals surface area contributed by atoms with Crippen LogP contribution in [0.25, 0.3) is 0 Å². The Morgan fingerprint density at radius 3 is 2.62 bits per heavy atom. The lowest BCUT2D eigenvalue weighted by Crippen LogP contribution is -2.60. The van der Waals surface area contributed by atoms with Gasteiger partial charge in [-0.25, -0.2) is 0 Å². The molecular formula is C10H11F3N2O. The molecule has 0 radical (unpaired) electrons. The molecule has 0 atom stereocenters. The first-order valence-electron chi connectivity index (χ1n) is 4.85. The van der Waals surface area contributed by atoms with Gasteiger partial charge in [0, 0.05) is 25.7 Å². The van der Waals surface area contributed by atoms with Crippen LogP contribution in [0, 0.1) is 0 Å². The SMILES string of the molecule is OC1(Cc2cccnc2C(F)(F)F)CNC1. The van der Waals surface area contributed by atoms with Gasteiger partial charge in [0.15, 0.2) is 0 Å². The van der Waals surface area contributed by atoms with Gasteiger partial charge < -0.3 is 10.4 Å². The van der Waals surface area contributed by atoms with Gasteiger partial charge >= 0.3 is 6.18 Å². The summed E-state index contributed by atoms with van der Waals surface area (Å²) in [5.74, 6) is 0. The van der Waals surface area contributed by atoms with Crippen molar-refractivity contribution in [3.05, 3.63) is 29.6 Å². The molecule has 0 spiro atoms. The van der Waals surface area contributed by atoms with Gasteiger partial charge in [-0.05, 0) is 11.6 Å². The molecule has 2 rings (SSSR count). The molecule has 88 valence electrons. The number of aromatic nitrogens is 1. The molecule has 1 aromatic rings. The van der Waals surface area contributed by atoms with Crippen LogP contribution in [-0.4, -0.2) is 28.8 Å². The summed E-state index contributed by atoms with van der Waals surface area (Å²) in [4.78, 5) is 3.34. The summed E-state index contributed by atoms with van der Waals surface area (Å²) in [6.45, 7) is 0.637. The predicted octanol–water partition coefficient (Wildman–Crippen LogP) is 0.977. The topological polar surface area (TPSA) is 45.2 Å². The van der Waals surface area contributed by atoms with E-state index in [0.29, 0.717) is 13.1 Å². The molecule has 6 heteroatoms. The van der Waals surface area contributed by atoms with Crippen LogP contribution in [0.15, 0.2) is 18.3 Å². The molecule has 1 aliphatic heterocycles. The molecule has 1 aliphatic rings. The third-order valence-electron chi connectivity index (χ3n) is 2.59. The molecule has 0 bridgehead atoms. The maximum absolute atomic E-state index is 12.6. The zero-order valence-corrected chi connectivity index (χ0v) is 8.38. The number of alkyl halides is 3. The Balaban J connectivity index is 2.26. The van der Waals surface area contributed by atoms with Crippen molar-refractivity contribution in [1.29, 1.82) is 0 Å². The molecule has 0 aromatic carbocycles. The lowest BCUT2D eigenvalue weighted by atomic mass is 9.88. The van der Waals surface area contributed by atoms with E-state index in [1.165, 1.54) is 12.1 Å². The summed E-state index contributed by atoms with van der Waals surface area (Å²) in [5, 5.41) is 12.6. The van der Waals surface area contributed by atoms with Crippen LogP contribution in [-0.2, 0) is 12.6 Å². The Labute approximate surface area is 90.3 Å². The minimum absolute atomic E-state index is 0.0251. The second-order valence-corrected chi connectivity index (χ2v) is 4.01. The fourth-order valence-electron chi connectivity index (χ4n) is 1.73. The maximum atomic E-state index is 12.6. The molecule has 3 nitrogen and oxygen atoms in total. The van der Waals surface area contributed by atoms with Crippen LogP contribution in [0.5, 0.6) is 0 Å². The van der Waals surface area contributed by atoms with Gasteiger partial charge in [-0.1, -0.05) is 6.07 Å². The lowest BCUT2D eigenvalue weighted by Gasteiger charge is -2.38. The maximum Gasteiger partial charge on any atom is 0.433 e. The summed E-state index contributed by atoms with van der Waals surface area (Å²) < 4.78 is 37.8. The van der Waals surface area contributed by atoms with Crippen LogP contribution in [0.4, 0.5) is 13.2 Å². The van der Waals surface area contributed by atoms with Crippen LogP contribution >= 0.6 is 0 Å². The van der Waals surface area contributed by atoms with Gasteiger partial charge in [0.25, 0.3) is 0 Å². The molecule has 0 amide bonds. The van der Waals surface area contributed by atoms with Crippen LogP contribution in [0.3, 0.4) is 0 Å². The van der Waals surface area contributed by atoms with E-state index in [2.05, 4.69) is 10.3 Å². The highest BCUT2D eigenvalue weighted by atomic mass is 19.4. The molecule has 1 saturated heterocycles. The first-order chi connectivity index (χ1) is 7.41. The number of β-amino-alcohol motifs (C(OH)–C–C–N with tert-alkyl or cyclic N) is 1. The molecule has 0 saturated carbocycles. The van der Waals surface area contributed by atoms with Crippen molar-refractivity contribution in [3.8, 4) is 0 Å². The van der Waals surface area contributed by atoms with Gasteiger partial charge in [-0.15, -0.1) is 0 Å². The highest BCUT2D eigenvalue weighted by Crippen LogP contribution is 2.32. The van der Waals surface area contributed by atoms with Crippen LogP contribution in [0.1, 0.15) is 11.3 Å². The third-order valence-corrected chi connectivity index (χ3v) is 2.59. The van der Waals surface area contributed by atoms with E-state index in [9.17, 15) is 18.3 Å². The number of rotatable bonds is 2. The molecule has 2 heterocycles. The minimum Gasteiger partial charge on any atom is -0.387 e. The number of aliphatic hydroxyl groups is 1. The molecular weight excluding hydrogens is 221 g/mol. The Morgan fingerprint density at radius 2 is 2.12 bits per heavy atom. The molecule has 16 heavy (non-hydrogen) atoms. The molecule has 1 aromatic heterocycles. The highest BCUT2D eigenvalue weighted by molar-refractivity contribution is 5.25. The summed E-state index contributed by atoms with van der Waals surface area (Å²) in [7, 11) is 0. The van der Waals surface area contributed by atoms with Gasteiger partial charge in [0.2, 0.25) is 0 Å². The molecule has 2 N–H and O–H groups in total. The lowest BCUT2D eigenvalue weighted by molar-refractivity contribution is -0.142. The van der Waals surface area contributed by atoms with E-state index in [4.69, 9.17) is 0 Å². The van der Waals surface area contributed by atoms with Crippen molar-refractivity contribution >= 4 is 0 Å². The van der Waals surface area contributed by atoms with E-state index >= 15 is 0 Å². The number of hydrogen-bond acceptors (Lipinski definition) is 3. The minimum atomic E-state index is -4.47. The van der Waals surface area contributed by atoms with Crippen LogP contribution < -0.4 is 5.32 Å². The number of hydrogen-bond donors (Lipinski definition) is 2. The summed E-state index contributed by atoms with van der Waals surface area (Å²) in [5.41, 5.74) is -1.93. The first-order valence-corrected chi connectivity index (χ1v) is 4.85. The van der Waals surface area contributed by atoms with E-state index in [0.717, 1.165) is 6.20 Å². The quantitative estimate of drug-likeness (QED) is 0.798. The second-order valence-electron chi connectivity index (χ2n) is 4.01. The number of nitrogens with zero attached hydrogens (tertiary/aromatic N) is 1. The Hall–Kier alpha value is -1.14. The van der Waals surface area contributed by atoms with Crippen molar-refractivity contribution in [2.75, 3.05) is 13.1 Å². The van der Waals surface area contributed by atoms with Gasteiger partial charge in [0.1, 0.15) is 5.69 Å².